The van der Waals surface area contributed by atoms with Gasteiger partial charge in [0.1, 0.15) is 11.6 Å². The topological polar surface area (TPSA) is 47.0 Å². The second kappa shape index (κ2) is 6.69. The third kappa shape index (κ3) is 3.46. The molecule has 0 unspecified atom stereocenters. The minimum Gasteiger partial charge on any atom is -0.497 e. The predicted molar refractivity (Wildman–Crippen MR) is 98.7 cm³/mol. The highest BCUT2D eigenvalue weighted by Gasteiger charge is 2.22. The highest BCUT2D eigenvalue weighted by atomic mass is 32.2. The van der Waals surface area contributed by atoms with Crippen molar-refractivity contribution in [3.05, 3.63) is 54.1 Å². The number of rotatable bonds is 6. The first kappa shape index (κ1) is 15.3. The van der Waals surface area contributed by atoms with Gasteiger partial charge in [-0.2, -0.15) is 0 Å². The Morgan fingerprint density at radius 1 is 1.12 bits per heavy atom. The molecule has 122 valence electrons. The number of methoxy groups -OCH3 is 1. The van der Waals surface area contributed by atoms with Gasteiger partial charge in [-0.15, -0.1) is 0 Å². The molecule has 0 aliphatic heterocycles. The standard InChI is InChI=1S/C19H19N3OS/c1-23-15-6-4-5-13(11-15)12-24-19-21-17-8-3-2-7-16(17)18(22-19)20-14-9-10-14/h2-8,11,14H,9-10,12H2,1H3,(H,20,21,22). The van der Waals surface area contributed by atoms with Crippen molar-refractivity contribution < 1.29 is 4.74 Å². The molecule has 1 N–H and O–H groups in total. The lowest BCUT2D eigenvalue weighted by atomic mass is 10.2. The van der Waals surface area contributed by atoms with Crippen molar-refractivity contribution in [1.82, 2.24) is 9.97 Å². The smallest absolute Gasteiger partial charge is 0.190 e. The average Bonchev–Trinajstić information content (AvgIpc) is 3.44. The molecule has 0 amide bonds. The van der Waals surface area contributed by atoms with Gasteiger partial charge < -0.3 is 10.1 Å². The lowest BCUT2D eigenvalue weighted by Crippen LogP contribution is -2.05. The second-order valence-electron chi connectivity index (χ2n) is 5.93. The molecule has 1 aliphatic rings. The van der Waals surface area contributed by atoms with Crippen LogP contribution in [0.2, 0.25) is 0 Å². The molecule has 1 saturated carbocycles. The van der Waals surface area contributed by atoms with Crippen LogP contribution in [0.3, 0.4) is 0 Å². The summed E-state index contributed by atoms with van der Waals surface area (Å²) >= 11 is 1.65. The summed E-state index contributed by atoms with van der Waals surface area (Å²) in [4.78, 5) is 9.45. The molecule has 1 fully saturated rings. The SMILES string of the molecule is COc1cccc(CSc2nc(NC3CC3)c3ccccc3n2)c1. The number of aromatic nitrogens is 2. The maximum Gasteiger partial charge on any atom is 0.190 e. The molecule has 0 spiro atoms. The van der Waals surface area contributed by atoms with Crippen molar-refractivity contribution >= 4 is 28.5 Å². The number of ether oxygens (including phenoxy) is 1. The number of hydrogen-bond donors (Lipinski definition) is 1. The van der Waals surface area contributed by atoms with Crippen molar-refractivity contribution in [3.8, 4) is 5.75 Å². The minimum absolute atomic E-state index is 0.569. The van der Waals surface area contributed by atoms with Crippen LogP contribution in [0.15, 0.2) is 53.7 Å². The lowest BCUT2D eigenvalue weighted by Gasteiger charge is -2.10. The first-order valence-corrected chi connectivity index (χ1v) is 9.09. The maximum absolute atomic E-state index is 5.28. The van der Waals surface area contributed by atoms with Crippen molar-refractivity contribution in [2.45, 2.75) is 29.8 Å². The summed E-state index contributed by atoms with van der Waals surface area (Å²) in [5, 5.41) is 5.43. The molecule has 3 aromatic rings. The fraction of sp³-hybridized carbons (Fsp3) is 0.263. The number of thioether (sulfide) groups is 1. The van der Waals surface area contributed by atoms with Crippen molar-refractivity contribution in [2.75, 3.05) is 12.4 Å². The van der Waals surface area contributed by atoms with Crippen molar-refractivity contribution in [3.63, 3.8) is 0 Å². The molecule has 1 heterocycles. The van der Waals surface area contributed by atoms with Crippen LogP contribution >= 0.6 is 11.8 Å². The third-order valence-electron chi connectivity index (χ3n) is 4.00. The summed E-state index contributed by atoms with van der Waals surface area (Å²) in [7, 11) is 1.69. The van der Waals surface area contributed by atoms with Gasteiger partial charge in [0, 0.05) is 17.2 Å². The zero-order valence-corrected chi connectivity index (χ0v) is 14.3. The molecule has 24 heavy (non-hydrogen) atoms. The van der Waals surface area contributed by atoms with Crippen LogP contribution in [0.1, 0.15) is 18.4 Å². The quantitative estimate of drug-likeness (QED) is 0.530. The Kier molecular flexibility index (Phi) is 4.26. The van der Waals surface area contributed by atoms with E-state index in [9.17, 15) is 0 Å². The zero-order chi connectivity index (χ0) is 16.4. The molecule has 1 aliphatic carbocycles. The summed E-state index contributed by atoms with van der Waals surface area (Å²) in [6, 6.07) is 16.9. The van der Waals surface area contributed by atoms with Gasteiger partial charge in [0.2, 0.25) is 0 Å². The summed E-state index contributed by atoms with van der Waals surface area (Å²) in [6.07, 6.45) is 2.45. The highest BCUT2D eigenvalue weighted by molar-refractivity contribution is 7.98. The van der Waals surface area contributed by atoms with E-state index < -0.39 is 0 Å². The maximum atomic E-state index is 5.28. The van der Waals surface area contributed by atoms with E-state index in [0.717, 1.165) is 33.4 Å². The Hall–Kier alpha value is -2.27. The minimum atomic E-state index is 0.569. The molecule has 2 aromatic carbocycles. The molecule has 5 heteroatoms. The third-order valence-corrected chi connectivity index (χ3v) is 4.92. The van der Waals surface area contributed by atoms with Gasteiger partial charge in [0.15, 0.2) is 5.16 Å². The Bertz CT molecular complexity index is 864. The van der Waals surface area contributed by atoms with Crippen molar-refractivity contribution in [2.24, 2.45) is 0 Å². The Balaban J connectivity index is 1.58. The van der Waals surface area contributed by atoms with Crippen LogP contribution in [0, 0.1) is 0 Å². The lowest BCUT2D eigenvalue weighted by molar-refractivity contribution is 0.414. The Morgan fingerprint density at radius 3 is 2.83 bits per heavy atom. The van der Waals surface area contributed by atoms with Gasteiger partial charge in [-0.1, -0.05) is 36.0 Å². The Labute approximate surface area is 145 Å². The largest absolute Gasteiger partial charge is 0.497 e. The highest BCUT2D eigenvalue weighted by Crippen LogP contribution is 2.30. The Morgan fingerprint density at radius 2 is 2.00 bits per heavy atom. The van der Waals surface area contributed by atoms with Crippen LogP contribution in [-0.4, -0.2) is 23.1 Å². The summed E-state index contributed by atoms with van der Waals surface area (Å²) in [6.45, 7) is 0. The van der Waals surface area contributed by atoms with Gasteiger partial charge in [-0.3, -0.25) is 0 Å². The first-order valence-electron chi connectivity index (χ1n) is 8.11. The van der Waals surface area contributed by atoms with Crippen molar-refractivity contribution in [1.29, 1.82) is 0 Å². The van der Waals surface area contributed by atoms with E-state index in [1.165, 1.54) is 18.4 Å². The van der Waals surface area contributed by atoms with Gasteiger partial charge in [-0.05, 0) is 42.7 Å². The summed E-state index contributed by atoms with van der Waals surface area (Å²) in [5.74, 6) is 2.65. The molecule has 4 nitrogen and oxygen atoms in total. The van der Waals surface area contributed by atoms with E-state index in [-0.39, 0.29) is 0 Å². The van der Waals surface area contributed by atoms with Gasteiger partial charge in [-0.25, -0.2) is 9.97 Å². The number of fused-ring (bicyclic) bond motifs is 1. The number of anilines is 1. The van der Waals surface area contributed by atoms with Gasteiger partial charge in [0.05, 0.1) is 12.6 Å². The monoisotopic (exact) mass is 337 g/mol. The number of nitrogens with zero attached hydrogens (tertiary/aromatic N) is 2. The molecular formula is C19H19N3OS. The number of hydrogen-bond acceptors (Lipinski definition) is 5. The van der Waals surface area contributed by atoms with Crippen LogP contribution in [0.25, 0.3) is 10.9 Å². The van der Waals surface area contributed by atoms with Crippen LogP contribution in [0.5, 0.6) is 5.75 Å². The number of nitrogens with one attached hydrogen (secondary N) is 1. The molecule has 0 radical (unpaired) electrons. The fourth-order valence-electron chi connectivity index (χ4n) is 2.56. The van der Waals surface area contributed by atoms with E-state index in [4.69, 9.17) is 14.7 Å². The van der Waals surface area contributed by atoms with Crippen LogP contribution < -0.4 is 10.1 Å². The fourth-order valence-corrected chi connectivity index (χ4v) is 3.36. The molecule has 0 bridgehead atoms. The van der Waals surface area contributed by atoms with E-state index in [0.29, 0.717) is 6.04 Å². The van der Waals surface area contributed by atoms with E-state index in [1.807, 2.05) is 30.3 Å². The predicted octanol–water partition coefficient (Wildman–Crippen LogP) is 4.51. The molecule has 4 rings (SSSR count). The van der Waals surface area contributed by atoms with E-state index in [1.54, 1.807) is 18.9 Å². The van der Waals surface area contributed by atoms with E-state index in [2.05, 4.69) is 23.5 Å². The first-order chi connectivity index (χ1) is 11.8. The molecule has 0 saturated heterocycles. The van der Waals surface area contributed by atoms with E-state index >= 15 is 0 Å². The number of benzene rings is 2. The van der Waals surface area contributed by atoms with Crippen LogP contribution in [0.4, 0.5) is 5.82 Å². The summed E-state index contributed by atoms with van der Waals surface area (Å²) in [5.41, 5.74) is 2.19. The number of para-hydroxylation sites is 1. The van der Waals surface area contributed by atoms with Gasteiger partial charge in [0.25, 0.3) is 0 Å². The van der Waals surface area contributed by atoms with Gasteiger partial charge >= 0.3 is 0 Å². The molecule has 0 atom stereocenters. The molecular weight excluding hydrogens is 318 g/mol. The summed E-state index contributed by atoms with van der Waals surface area (Å²) < 4.78 is 5.28. The average molecular weight is 337 g/mol. The normalized spacial score (nSPS) is 13.9. The second-order valence-corrected chi connectivity index (χ2v) is 6.87. The van der Waals surface area contributed by atoms with Crippen LogP contribution in [-0.2, 0) is 5.75 Å². The zero-order valence-electron chi connectivity index (χ0n) is 13.5. The molecule has 1 aromatic heterocycles.